The number of carbonyl (C=O) groups excluding carboxylic acids is 3. The fourth-order valence-electron chi connectivity index (χ4n) is 2.50. The van der Waals surface area contributed by atoms with Gasteiger partial charge in [0.25, 0.3) is 5.91 Å². The maximum absolute atomic E-state index is 12.5. The number of carbonyl (C=O) groups is 3. The van der Waals surface area contributed by atoms with E-state index in [4.69, 9.17) is 4.74 Å². The zero-order valence-electron chi connectivity index (χ0n) is 11.1. The monoisotopic (exact) mass is 261 g/mol. The molecule has 0 saturated heterocycles. The summed E-state index contributed by atoms with van der Waals surface area (Å²) < 4.78 is 5.27. The molecule has 1 aromatic rings. The second-order valence-electron chi connectivity index (χ2n) is 4.68. The van der Waals surface area contributed by atoms with Crippen LogP contribution < -0.4 is 4.90 Å². The number of ketones is 1. The van der Waals surface area contributed by atoms with E-state index in [0.717, 1.165) is 0 Å². The molecule has 1 atom stereocenters. The molecule has 2 rings (SSSR count). The number of esters is 1. The first kappa shape index (κ1) is 13.3. The van der Waals surface area contributed by atoms with Crippen LogP contribution in [-0.4, -0.2) is 24.7 Å². The van der Waals surface area contributed by atoms with Gasteiger partial charge < -0.3 is 9.64 Å². The van der Waals surface area contributed by atoms with E-state index >= 15 is 0 Å². The van der Waals surface area contributed by atoms with Gasteiger partial charge in [0.2, 0.25) is 5.60 Å². The number of Topliss-reactive ketones (excluding diaryl/α,β-unsaturated/α-hetero) is 1. The summed E-state index contributed by atoms with van der Waals surface area (Å²) in [5.74, 6) is -1.18. The zero-order chi connectivity index (χ0) is 14.2. The number of ether oxygens (including phenoxy) is 1. The van der Waals surface area contributed by atoms with Crippen molar-refractivity contribution in [3.05, 3.63) is 29.8 Å². The third-order valence-corrected chi connectivity index (χ3v) is 3.17. The maximum Gasteiger partial charge on any atom is 0.304 e. The Morgan fingerprint density at radius 2 is 1.89 bits per heavy atom. The lowest BCUT2D eigenvalue weighted by Crippen LogP contribution is -2.43. The summed E-state index contributed by atoms with van der Waals surface area (Å²) >= 11 is 0. The van der Waals surface area contributed by atoms with Gasteiger partial charge in [-0.15, -0.1) is 0 Å². The van der Waals surface area contributed by atoms with E-state index in [0.29, 0.717) is 11.3 Å². The molecule has 1 heterocycles. The van der Waals surface area contributed by atoms with E-state index in [-0.39, 0.29) is 18.1 Å². The number of likely N-dealkylation sites (N-methyl/N-ethyl adjacent to an activating group) is 1. The summed E-state index contributed by atoms with van der Waals surface area (Å²) in [6.07, 6.45) is -0.146. The molecule has 5 nitrogen and oxygen atoms in total. The molecule has 5 heteroatoms. The highest BCUT2D eigenvalue weighted by atomic mass is 16.6. The van der Waals surface area contributed by atoms with Crippen molar-refractivity contribution in [2.45, 2.75) is 25.9 Å². The van der Waals surface area contributed by atoms with Crippen LogP contribution in [0.4, 0.5) is 5.69 Å². The van der Waals surface area contributed by atoms with Crippen LogP contribution in [0.25, 0.3) is 0 Å². The van der Waals surface area contributed by atoms with E-state index < -0.39 is 11.6 Å². The van der Waals surface area contributed by atoms with Gasteiger partial charge in [0, 0.05) is 19.5 Å². The smallest absolute Gasteiger partial charge is 0.304 e. The number of fused-ring (bicyclic) bond motifs is 1. The Balaban J connectivity index is 2.62. The van der Waals surface area contributed by atoms with E-state index in [1.165, 1.54) is 18.7 Å². The molecule has 19 heavy (non-hydrogen) atoms. The van der Waals surface area contributed by atoms with Gasteiger partial charge in [0.15, 0.2) is 0 Å². The Bertz CT molecular complexity index is 548. The molecule has 0 unspecified atom stereocenters. The van der Waals surface area contributed by atoms with Gasteiger partial charge in [-0.1, -0.05) is 18.2 Å². The third kappa shape index (κ3) is 2.01. The largest absolute Gasteiger partial charge is 0.444 e. The van der Waals surface area contributed by atoms with Gasteiger partial charge in [0.05, 0.1) is 12.1 Å². The minimum absolute atomic E-state index is 0.146. The third-order valence-electron chi connectivity index (χ3n) is 3.17. The highest BCUT2D eigenvalue weighted by molar-refractivity contribution is 6.09. The van der Waals surface area contributed by atoms with Gasteiger partial charge in [0.1, 0.15) is 5.78 Å². The SMILES string of the molecule is CC(=O)C[C@]1(OC(C)=O)C(=O)N(C)c2ccccc21. The Morgan fingerprint density at radius 1 is 1.26 bits per heavy atom. The Labute approximate surface area is 111 Å². The quantitative estimate of drug-likeness (QED) is 0.771. The predicted molar refractivity (Wildman–Crippen MR) is 68.6 cm³/mol. The van der Waals surface area contributed by atoms with Crippen molar-refractivity contribution in [1.82, 2.24) is 0 Å². The lowest BCUT2D eigenvalue weighted by Gasteiger charge is -2.26. The summed E-state index contributed by atoms with van der Waals surface area (Å²) in [5, 5.41) is 0. The highest BCUT2D eigenvalue weighted by Gasteiger charge is 2.53. The normalized spacial score (nSPS) is 21.2. The summed E-state index contributed by atoms with van der Waals surface area (Å²) in [5.41, 5.74) is -0.286. The van der Waals surface area contributed by atoms with Gasteiger partial charge >= 0.3 is 5.97 Å². The molecule has 0 radical (unpaired) electrons. The first-order chi connectivity index (χ1) is 8.88. The Kier molecular flexibility index (Phi) is 3.14. The fourth-order valence-corrected chi connectivity index (χ4v) is 2.50. The van der Waals surface area contributed by atoms with E-state index in [9.17, 15) is 14.4 Å². The van der Waals surface area contributed by atoms with Crippen molar-refractivity contribution in [2.24, 2.45) is 0 Å². The fraction of sp³-hybridized carbons (Fsp3) is 0.357. The van der Waals surface area contributed by atoms with Crippen LogP contribution in [0.15, 0.2) is 24.3 Å². The van der Waals surface area contributed by atoms with Gasteiger partial charge in [-0.05, 0) is 13.0 Å². The molecule has 1 amide bonds. The molecule has 0 fully saturated rings. The molecule has 100 valence electrons. The summed E-state index contributed by atoms with van der Waals surface area (Å²) in [6, 6.07) is 7.02. The number of nitrogens with zero attached hydrogens (tertiary/aromatic N) is 1. The number of rotatable bonds is 3. The van der Waals surface area contributed by atoms with Crippen LogP contribution in [-0.2, 0) is 24.7 Å². The summed E-state index contributed by atoms with van der Waals surface area (Å²) in [4.78, 5) is 36.7. The Hall–Kier alpha value is -2.17. The predicted octanol–water partition coefficient (Wildman–Crippen LogP) is 1.40. The standard InChI is InChI=1S/C14H15NO4/c1-9(16)8-14(19-10(2)17)11-6-4-5-7-12(11)15(3)13(14)18/h4-7H,8H2,1-3H3/t14-/m1/s1. The van der Waals surface area contributed by atoms with Crippen LogP contribution >= 0.6 is 0 Å². The van der Waals surface area contributed by atoms with Crippen LogP contribution in [0.3, 0.4) is 0 Å². The number of anilines is 1. The average molecular weight is 261 g/mol. The number of hydrogen-bond donors (Lipinski definition) is 0. The summed E-state index contributed by atoms with van der Waals surface area (Å²) in [6.45, 7) is 2.61. The number of amides is 1. The van der Waals surface area contributed by atoms with Crippen LogP contribution in [0.5, 0.6) is 0 Å². The molecular formula is C14H15NO4. The first-order valence-corrected chi connectivity index (χ1v) is 5.95. The van der Waals surface area contributed by atoms with Crippen LogP contribution in [0.1, 0.15) is 25.8 Å². The molecule has 1 aliphatic heterocycles. The maximum atomic E-state index is 12.5. The molecule has 0 saturated carbocycles. The van der Waals surface area contributed by atoms with Gasteiger partial charge in [-0.3, -0.25) is 14.4 Å². The number of hydrogen-bond acceptors (Lipinski definition) is 4. The van der Waals surface area contributed by atoms with E-state index in [1.54, 1.807) is 31.3 Å². The highest BCUT2D eigenvalue weighted by Crippen LogP contribution is 2.44. The lowest BCUT2D eigenvalue weighted by molar-refractivity contribution is -0.167. The van der Waals surface area contributed by atoms with E-state index in [2.05, 4.69) is 0 Å². The molecule has 0 bridgehead atoms. The van der Waals surface area contributed by atoms with Crippen molar-refractivity contribution in [2.75, 3.05) is 11.9 Å². The number of benzene rings is 1. The molecule has 0 N–H and O–H groups in total. The molecule has 1 aromatic carbocycles. The molecule has 0 spiro atoms. The van der Waals surface area contributed by atoms with Gasteiger partial charge in [-0.2, -0.15) is 0 Å². The second-order valence-corrected chi connectivity index (χ2v) is 4.68. The van der Waals surface area contributed by atoms with Crippen molar-refractivity contribution in [3.8, 4) is 0 Å². The van der Waals surface area contributed by atoms with Crippen LogP contribution in [0.2, 0.25) is 0 Å². The molecule has 0 aliphatic carbocycles. The van der Waals surface area contributed by atoms with Crippen molar-refractivity contribution < 1.29 is 19.1 Å². The summed E-state index contributed by atoms with van der Waals surface area (Å²) in [7, 11) is 1.60. The number of para-hydroxylation sites is 1. The second kappa shape index (κ2) is 4.50. The Morgan fingerprint density at radius 3 is 2.47 bits per heavy atom. The van der Waals surface area contributed by atoms with Crippen molar-refractivity contribution in [3.63, 3.8) is 0 Å². The molecule has 1 aliphatic rings. The average Bonchev–Trinajstić information content (AvgIpc) is 2.52. The minimum Gasteiger partial charge on any atom is -0.444 e. The van der Waals surface area contributed by atoms with Crippen molar-refractivity contribution in [1.29, 1.82) is 0 Å². The minimum atomic E-state index is -1.51. The van der Waals surface area contributed by atoms with E-state index in [1.807, 2.05) is 0 Å². The zero-order valence-corrected chi connectivity index (χ0v) is 11.1. The lowest BCUT2D eigenvalue weighted by atomic mass is 9.90. The van der Waals surface area contributed by atoms with Crippen molar-refractivity contribution >= 4 is 23.3 Å². The topological polar surface area (TPSA) is 63.7 Å². The molecule has 0 aromatic heterocycles. The molecular weight excluding hydrogens is 246 g/mol. The first-order valence-electron chi connectivity index (χ1n) is 5.95. The van der Waals surface area contributed by atoms with Gasteiger partial charge in [-0.25, -0.2) is 0 Å². The van der Waals surface area contributed by atoms with Crippen LogP contribution in [0, 0.1) is 0 Å².